The predicted molar refractivity (Wildman–Crippen MR) is 62.4 cm³/mol. The van der Waals surface area contributed by atoms with Gasteiger partial charge in [0, 0.05) is 18.6 Å². The van der Waals surface area contributed by atoms with Crippen molar-refractivity contribution in [1.82, 2.24) is 4.31 Å². The number of hydrogen-bond acceptors (Lipinski definition) is 3. The van der Waals surface area contributed by atoms with Crippen LogP contribution < -0.4 is 4.90 Å². The van der Waals surface area contributed by atoms with Crippen molar-refractivity contribution in [2.45, 2.75) is 4.90 Å². The van der Waals surface area contributed by atoms with Crippen molar-refractivity contribution < 1.29 is 8.42 Å². The molecule has 0 aromatic heterocycles. The maximum absolute atomic E-state index is 11.9. The van der Waals surface area contributed by atoms with Crippen LogP contribution in [-0.4, -0.2) is 33.5 Å². The summed E-state index contributed by atoms with van der Waals surface area (Å²) in [5.74, 6) is 0. The summed E-state index contributed by atoms with van der Waals surface area (Å²) in [6.45, 7) is 0.381. The van der Waals surface area contributed by atoms with E-state index in [4.69, 9.17) is 0 Å². The highest BCUT2D eigenvalue weighted by Gasteiger charge is 2.31. The molecule has 0 radical (unpaired) electrons. The van der Waals surface area contributed by atoms with E-state index in [1.165, 1.54) is 4.31 Å². The van der Waals surface area contributed by atoms with Crippen LogP contribution >= 0.6 is 15.9 Å². The lowest BCUT2D eigenvalue weighted by Gasteiger charge is -2.33. The third kappa shape index (κ3) is 1.66. The standard InChI is InChI=1S/C9H11BrN2O2S/c1-11-6-12(2)15(13,14)9-4-3-7(10)5-8(9)11/h3-5H,6H2,1-2H3. The van der Waals surface area contributed by atoms with Gasteiger partial charge in [0.15, 0.2) is 0 Å². The first-order valence-electron chi connectivity index (χ1n) is 4.40. The molecule has 1 aromatic carbocycles. The number of rotatable bonds is 0. The fraction of sp³-hybridized carbons (Fsp3) is 0.333. The number of nitrogens with zero attached hydrogens (tertiary/aromatic N) is 2. The summed E-state index contributed by atoms with van der Waals surface area (Å²) in [6.07, 6.45) is 0. The van der Waals surface area contributed by atoms with Crippen LogP contribution in [0.1, 0.15) is 0 Å². The Morgan fingerprint density at radius 1 is 1.33 bits per heavy atom. The topological polar surface area (TPSA) is 40.6 Å². The van der Waals surface area contributed by atoms with Crippen molar-refractivity contribution in [2.24, 2.45) is 0 Å². The van der Waals surface area contributed by atoms with Crippen molar-refractivity contribution in [1.29, 1.82) is 0 Å². The van der Waals surface area contributed by atoms with Gasteiger partial charge in [-0.05, 0) is 18.2 Å². The lowest BCUT2D eigenvalue weighted by molar-refractivity contribution is 0.459. The van der Waals surface area contributed by atoms with Crippen LogP contribution in [0.5, 0.6) is 0 Å². The zero-order chi connectivity index (χ0) is 11.2. The average molecular weight is 291 g/mol. The minimum Gasteiger partial charge on any atom is -0.359 e. The number of anilines is 1. The zero-order valence-electron chi connectivity index (χ0n) is 8.44. The largest absolute Gasteiger partial charge is 0.359 e. The molecule has 0 bridgehead atoms. The van der Waals surface area contributed by atoms with E-state index < -0.39 is 10.0 Å². The molecule has 0 atom stereocenters. The van der Waals surface area contributed by atoms with Gasteiger partial charge in [-0.1, -0.05) is 15.9 Å². The van der Waals surface area contributed by atoms with Crippen LogP contribution in [0.4, 0.5) is 5.69 Å². The maximum atomic E-state index is 11.9. The summed E-state index contributed by atoms with van der Waals surface area (Å²) in [5, 5.41) is 0. The van der Waals surface area contributed by atoms with Crippen molar-refractivity contribution in [2.75, 3.05) is 25.7 Å². The molecule has 1 heterocycles. The SMILES string of the molecule is CN1CN(C)S(=O)(=O)c2ccc(Br)cc21. The van der Waals surface area contributed by atoms with Gasteiger partial charge in [0.1, 0.15) is 4.90 Å². The van der Waals surface area contributed by atoms with Crippen LogP contribution in [0, 0.1) is 0 Å². The summed E-state index contributed by atoms with van der Waals surface area (Å²) in [5.41, 5.74) is 0.738. The molecule has 15 heavy (non-hydrogen) atoms. The quantitative estimate of drug-likeness (QED) is 0.727. The predicted octanol–water partition coefficient (Wildman–Crippen LogP) is 1.48. The molecule has 4 nitrogen and oxygen atoms in total. The molecular weight excluding hydrogens is 280 g/mol. The molecular formula is C9H11BrN2O2S. The van der Waals surface area contributed by atoms with Crippen molar-refractivity contribution >= 4 is 31.6 Å². The second kappa shape index (κ2) is 3.47. The second-order valence-corrected chi connectivity index (χ2v) is 6.48. The first kappa shape index (κ1) is 10.9. The number of sulfonamides is 1. The summed E-state index contributed by atoms with van der Waals surface area (Å²) >= 11 is 3.34. The monoisotopic (exact) mass is 290 g/mol. The van der Waals surface area contributed by atoms with Gasteiger partial charge >= 0.3 is 0 Å². The van der Waals surface area contributed by atoms with E-state index >= 15 is 0 Å². The first-order valence-corrected chi connectivity index (χ1v) is 6.63. The van der Waals surface area contributed by atoms with Gasteiger partial charge < -0.3 is 4.90 Å². The number of halogens is 1. The van der Waals surface area contributed by atoms with Gasteiger partial charge in [-0.15, -0.1) is 0 Å². The van der Waals surface area contributed by atoms with E-state index in [2.05, 4.69) is 15.9 Å². The Hall–Kier alpha value is -0.590. The molecule has 0 saturated heterocycles. The maximum Gasteiger partial charge on any atom is 0.246 e. The van der Waals surface area contributed by atoms with E-state index in [0.29, 0.717) is 11.6 Å². The number of fused-ring (bicyclic) bond motifs is 1. The lowest BCUT2D eigenvalue weighted by atomic mass is 10.3. The Bertz CT molecular complexity index is 501. The minimum atomic E-state index is -3.30. The van der Waals surface area contributed by atoms with Crippen molar-refractivity contribution in [3.63, 3.8) is 0 Å². The highest BCUT2D eigenvalue weighted by molar-refractivity contribution is 9.10. The third-order valence-electron chi connectivity index (χ3n) is 2.43. The van der Waals surface area contributed by atoms with Crippen molar-refractivity contribution in [3.05, 3.63) is 22.7 Å². The Kier molecular flexibility index (Phi) is 2.52. The highest BCUT2D eigenvalue weighted by atomic mass is 79.9. The summed E-state index contributed by atoms with van der Waals surface area (Å²) in [4.78, 5) is 2.27. The van der Waals surface area contributed by atoms with Gasteiger partial charge in [0.25, 0.3) is 0 Å². The van der Waals surface area contributed by atoms with E-state index in [9.17, 15) is 8.42 Å². The van der Waals surface area contributed by atoms with Gasteiger partial charge in [0.05, 0.1) is 12.4 Å². The van der Waals surface area contributed by atoms with Crippen LogP contribution in [0.2, 0.25) is 0 Å². The van der Waals surface area contributed by atoms with E-state index in [-0.39, 0.29) is 0 Å². The molecule has 0 amide bonds. The van der Waals surface area contributed by atoms with Crippen LogP contribution in [0.3, 0.4) is 0 Å². The normalized spacial score (nSPS) is 20.1. The van der Waals surface area contributed by atoms with E-state index in [1.54, 1.807) is 19.2 Å². The molecule has 1 aliphatic rings. The molecule has 1 aliphatic heterocycles. The fourth-order valence-corrected chi connectivity index (χ4v) is 3.35. The molecule has 0 spiro atoms. The molecule has 0 aliphatic carbocycles. The smallest absolute Gasteiger partial charge is 0.246 e. The van der Waals surface area contributed by atoms with Crippen LogP contribution in [-0.2, 0) is 10.0 Å². The average Bonchev–Trinajstić information content (AvgIpc) is 2.15. The molecule has 82 valence electrons. The Morgan fingerprint density at radius 3 is 2.67 bits per heavy atom. The molecule has 0 unspecified atom stereocenters. The van der Waals surface area contributed by atoms with E-state index in [0.717, 1.165) is 10.2 Å². The molecule has 0 N–H and O–H groups in total. The molecule has 6 heteroatoms. The van der Waals surface area contributed by atoms with Gasteiger partial charge in [-0.25, -0.2) is 8.42 Å². The molecule has 1 aromatic rings. The summed E-state index contributed by atoms with van der Waals surface area (Å²) in [6, 6.07) is 5.18. The van der Waals surface area contributed by atoms with Crippen LogP contribution in [0.15, 0.2) is 27.6 Å². The van der Waals surface area contributed by atoms with Gasteiger partial charge in [0.2, 0.25) is 10.0 Å². The zero-order valence-corrected chi connectivity index (χ0v) is 10.8. The minimum absolute atomic E-state index is 0.363. The Balaban J connectivity index is 2.70. The third-order valence-corrected chi connectivity index (χ3v) is 4.76. The Labute approximate surface area is 97.7 Å². The lowest BCUT2D eigenvalue weighted by Crippen LogP contribution is -2.42. The first-order chi connectivity index (χ1) is 6.93. The Morgan fingerprint density at radius 2 is 2.00 bits per heavy atom. The fourth-order valence-electron chi connectivity index (χ4n) is 1.63. The second-order valence-electron chi connectivity index (χ2n) is 3.55. The molecule has 2 rings (SSSR count). The van der Waals surface area contributed by atoms with Gasteiger partial charge in [-0.3, -0.25) is 0 Å². The molecule has 0 saturated carbocycles. The van der Waals surface area contributed by atoms with Gasteiger partial charge in [-0.2, -0.15) is 4.31 Å². The van der Waals surface area contributed by atoms with Crippen molar-refractivity contribution in [3.8, 4) is 0 Å². The molecule has 0 fully saturated rings. The summed E-state index contributed by atoms with van der Waals surface area (Å²) in [7, 11) is 0.152. The number of benzene rings is 1. The number of hydrogen-bond donors (Lipinski definition) is 0. The van der Waals surface area contributed by atoms with Crippen LogP contribution in [0.25, 0.3) is 0 Å². The summed E-state index contributed by atoms with van der Waals surface area (Å²) < 4.78 is 26.1. The van der Waals surface area contributed by atoms with E-state index in [1.807, 2.05) is 18.0 Å². The highest BCUT2D eigenvalue weighted by Crippen LogP contribution is 2.33.